The van der Waals surface area contributed by atoms with E-state index in [2.05, 4.69) is 9.97 Å². The summed E-state index contributed by atoms with van der Waals surface area (Å²) in [5, 5.41) is 10.1. The van der Waals surface area contributed by atoms with E-state index in [0.29, 0.717) is 34.6 Å². The van der Waals surface area contributed by atoms with E-state index in [-0.39, 0.29) is 5.75 Å². The number of benzene rings is 1. The van der Waals surface area contributed by atoms with E-state index in [9.17, 15) is 5.11 Å². The maximum absolute atomic E-state index is 9.76. The van der Waals surface area contributed by atoms with Crippen LogP contribution < -0.4 is 4.74 Å². The molecule has 0 aliphatic rings. The van der Waals surface area contributed by atoms with Crippen molar-refractivity contribution in [2.24, 2.45) is 0 Å². The number of ether oxygens (including phenoxy) is 2. The van der Waals surface area contributed by atoms with Gasteiger partial charge in [0.15, 0.2) is 17.3 Å². The summed E-state index contributed by atoms with van der Waals surface area (Å²) in [5.41, 5.74) is 1.32. The van der Waals surface area contributed by atoms with Crippen LogP contribution in [0.2, 0.25) is 5.15 Å². The molecule has 0 radical (unpaired) electrons. The minimum absolute atomic E-state index is 0.0249. The first-order valence-electron chi connectivity index (χ1n) is 5.54. The molecule has 0 bridgehead atoms. The Morgan fingerprint density at radius 1 is 1.21 bits per heavy atom. The molecule has 0 fully saturated rings. The number of hydrogen-bond acceptors (Lipinski definition) is 5. The smallest absolute Gasteiger partial charge is 0.161 e. The average Bonchev–Trinajstić information content (AvgIpc) is 2.38. The van der Waals surface area contributed by atoms with Crippen molar-refractivity contribution in [2.45, 2.75) is 6.61 Å². The van der Waals surface area contributed by atoms with Gasteiger partial charge in [-0.1, -0.05) is 11.6 Å². The Labute approximate surface area is 115 Å². The monoisotopic (exact) mass is 280 g/mol. The van der Waals surface area contributed by atoms with Crippen LogP contribution in [0.4, 0.5) is 0 Å². The lowest BCUT2D eigenvalue weighted by Gasteiger charge is -2.07. The van der Waals surface area contributed by atoms with Crippen molar-refractivity contribution in [3.05, 3.63) is 35.1 Å². The zero-order chi connectivity index (χ0) is 13.8. The summed E-state index contributed by atoms with van der Waals surface area (Å²) in [6.07, 6.45) is 0. The van der Waals surface area contributed by atoms with Crippen molar-refractivity contribution in [1.82, 2.24) is 9.97 Å². The van der Waals surface area contributed by atoms with Crippen LogP contribution in [-0.4, -0.2) is 29.3 Å². The molecule has 0 spiro atoms. The third kappa shape index (κ3) is 3.13. The number of halogens is 1. The van der Waals surface area contributed by atoms with Gasteiger partial charge in [-0.25, -0.2) is 9.97 Å². The third-order valence-electron chi connectivity index (χ3n) is 2.48. The highest BCUT2D eigenvalue weighted by molar-refractivity contribution is 6.29. The lowest BCUT2D eigenvalue weighted by Crippen LogP contribution is -1.97. The summed E-state index contributed by atoms with van der Waals surface area (Å²) in [4.78, 5) is 8.45. The SMILES string of the molecule is COCc1cc(Cl)nc(-c2ccc(OC)c(O)c2)n1. The summed E-state index contributed by atoms with van der Waals surface area (Å²) in [6.45, 7) is 0.345. The molecule has 5 nitrogen and oxygen atoms in total. The van der Waals surface area contributed by atoms with Crippen LogP contribution in [0.3, 0.4) is 0 Å². The number of hydrogen-bond donors (Lipinski definition) is 1. The van der Waals surface area contributed by atoms with E-state index in [1.54, 1.807) is 25.3 Å². The molecule has 1 N–H and O–H groups in total. The standard InChI is InChI=1S/C13H13ClN2O3/c1-18-7-9-6-12(14)16-13(15-9)8-3-4-11(19-2)10(17)5-8/h3-6,17H,7H2,1-2H3. The number of phenols is 1. The van der Waals surface area contributed by atoms with Gasteiger partial charge in [0.05, 0.1) is 19.4 Å². The molecule has 0 aliphatic heterocycles. The van der Waals surface area contributed by atoms with Crippen LogP contribution in [0, 0.1) is 0 Å². The van der Waals surface area contributed by atoms with Crippen molar-refractivity contribution >= 4 is 11.6 Å². The van der Waals surface area contributed by atoms with Crippen molar-refractivity contribution in [3.8, 4) is 22.9 Å². The number of phenolic OH excluding ortho intramolecular Hbond substituents is 1. The quantitative estimate of drug-likeness (QED) is 0.872. The largest absolute Gasteiger partial charge is 0.504 e. The predicted octanol–water partition coefficient (Wildman–Crippen LogP) is 2.66. The third-order valence-corrected chi connectivity index (χ3v) is 2.67. The Balaban J connectivity index is 2.43. The summed E-state index contributed by atoms with van der Waals surface area (Å²) in [5.74, 6) is 0.845. The van der Waals surface area contributed by atoms with Gasteiger partial charge in [-0.3, -0.25) is 0 Å². The minimum atomic E-state index is 0.0249. The van der Waals surface area contributed by atoms with Crippen molar-refractivity contribution in [2.75, 3.05) is 14.2 Å². The Bertz CT molecular complexity index is 590. The van der Waals surface area contributed by atoms with Crippen LogP contribution >= 0.6 is 11.6 Å². The highest BCUT2D eigenvalue weighted by atomic mass is 35.5. The normalized spacial score (nSPS) is 10.5. The molecule has 2 aromatic rings. The number of methoxy groups -OCH3 is 2. The Hall–Kier alpha value is -1.85. The lowest BCUT2D eigenvalue weighted by atomic mass is 10.2. The average molecular weight is 281 g/mol. The molecule has 0 aliphatic carbocycles. The summed E-state index contributed by atoms with van der Waals surface area (Å²) >= 11 is 5.94. The van der Waals surface area contributed by atoms with E-state index in [4.69, 9.17) is 21.1 Å². The highest BCUT2D eigenvalue weighted by Gasteiger charge is 2.09. The van der Waals surface area contributed by atoms with Gasteiger partial charge >= 0.3 is 0 Å². The molecule has 19 heavy (non-hydrogen) atoms. The molecule has 0 unspecified atom stereocenters. The first-order valence-corrected chi connectivity index (χ1v) is 5.91. The lowest BCUT2D eigenvalue weighted by molar-refractivity contribution is 0.181. The summed E-state index contributed by atoms with van der Waals surface area (Å²) < 4.78 is 10.0. The molecule has 0 saturated carbocycles. The second-order valence-corrected chi connectivity index (χ2v) is 4.21. The number of nitrogens with zero attached hydrogens (tertiary/aromatic N) is 2. The van der Waals surface area contributed by atoms with Crippen LogP contribution in [0.25, 0.3) is 11.4 Å². The number of rotatable bonds is 4. The highest BCUT2D eigenvalue weighted by Crippen LogP contribution is 2.30. The fourth-order valence-electron chi connectivity index (χ4n) is 1.64. The topological polar surface area (TPSA) is 64.5 Å². The maximum Gasteiger partial charge on any atom is 0.161 e. The molecule has 1 heterocycles. The van der Waals surface area contributed by atoms with Gasteiger partial charge in [0.25, 0.3) is 0 Å². The van der Waals surface area contributed by atoms with Gasteiger partial charge in [-0.05, 0) is 24.3 Å². The zero-order valence-electron chi connectivity index (χ0n) is 10.6. The van der Waals surface area contributed by atoms with Crippen LogP contribution in [0.15, 0.2) is 24.3 Å². The van der Waals surface area contributed by atoms with Crippen molar-refractivity contribution in [3.63, 3.8) is 0 Å². The second-order valence-electron chi connectivity index (χ2n) is 3.83. The molecule has 1 aromatic carbocycles. The van der Waals surface area contributed by atoms with Gasteiger partial charge in [0.1, 0.15) is 5.15 Å². The predicted molar refractivity (Wildman–Crippen MR) is 71.4 cm³/mol. The Kier molecular flexibility index (Phi) is 4.19. The van der Waals surface area contributed by atoms with E-state index < -0.39 is 0 Å². The maximum atomic E-state index is 9.76. The molecular formula is C13H13ClN2O3. The molecular weight excluding hydrogens is 268 g/mol. The van der Waals surface area contributed by atoms with Crippen LogP contribution in [-0.2, 0) is 11.3 Å². The van der Waals surface area contributed by atoms with Crippen LogP contribution in [0.5, 0.6) is 11.5 Å². The molecule has 2 rings (SSSR count). The summed E-state index contributed by atoms with van der Waals surface area (Å²) in [7, 11) is 3.07. The van der Waals surface area contributed by atoms with Crippen LogP contribution in [0.1, 0.15) is 5.69 Å². The molecule has 100 valence electrons. The Morgan fingerprint density at radius 3 is 2.63 bits per heavy atom. The van der Waals surface area contributed by atoms with E-state index >= 15 is 0 Å². The van der Waals surface area contributed by atoms with Crippen molar-refractivity contribution < 1.29 is 14.6 Å². The first kappa shape index (κ1) is 13.6. The molecule has 0 saturated heterocycles. The van der Waals surface area contributed by atoms with Crippen molar-refractivity contribution in [1.29, 1.82) is 0 Å². The fraction of sp³-hybridized carbons (Fsp3) is 0.231. The first-order chi connectivity index (χ1) is 9.13. The van der Waals surface area contributed by atoms with E-state index in [1.165, 1.54) is 13.2 Å². The summed E-state index contributed by atoms with van der Waals surface area (Å²) in [6, 6.07) is 6.56. The van der Waals surface area contributed by atoms with Gasteiger partial charge < -0.3 is 14.6 Å². The van der Waals surface area contributed by atoms with Gasteiger partial charge in [-0.15, -0.1) is 0 Å². The van der Waals surface area contributed by atoms with Gasteiger partial charge in [0, 0.05) is 12.7 Å². The number of aromatic hydroxyl groups is 1. The molecule has 1 aromatic heterocycles. The second kappa shape index (κ2) is 5.86. The molecule has 0 atom stereocenters. The number of aromatic nitrogens is 2. The van der Waals surface area contributed by atoms with Gasteiger partial charge in [0.2, 0.25) is 0 Å². The molecule has 0 amide bonds. The Morgan fingerprint density at radius 2 is 2.00 bits per heavy atom. The van der Waals surface area contributed by atoms with Gasteiger partial charge in [-0.2, -0.15) is 0 Å². The molecule has 6 heteroatoms. The zero-order valence-corrected chi connectivity index (χ0v) is 11.3. The van der Waals surface area contributed by atoms with E-state index in [0.717, 1.165) is 0 Å². The fourth-order valence-corrected chi connectivity index (χ4v) is 1.85. The minimum Gasteiger partial charge on any atom is -0.504 e. The van der Waals surface area contributed by atoms with E-state index in [1.807, 2.05) is 0 Å².